The number of nitrogens with one attached hydrogen (secondary N) is 2. The van der Waals surface area contributed by atoms with E-state index in [1.165, 1.54) is 0 Å². The number of ether oxygens (including phenoxy) is 1. The van der Waals surface area contributed by atoms with Crippen LogP contribution in [-0.4, -0.2) is 17.3 Å². The van der Waals surface area contributed by atoms with Crippen LogP contribution >= 0.6 is 0 Å². The second-order valence-corrected chi connectivity index (χ2v) is 3.74. The summed E-state index contributed by atoms with van der Waals surface area (Å²) in [6.45, 7) is 4.01. The van der Waals surface area contributed by atoms with Gasteiger partial charge in [0.15, 0.2) is 0 Å². The van der Waals surface area contributed by atoms with Crippen molar-refractivity contribution < 1.29 is 4.74 Å². The molecular formula is C12H14N2O2. The van der Waals surface area contributed by atoms with Crippen molar-refractivity contribution in [2.75, 3.05) is 7.11 Å². The van der Waals surface area contributed by atoms with Crippen LogP contribution in [0.4, 0.5) is 0 Å². The molecule has 16 heavy (non-hydrogen) atoms. The molecule has 1 heterocycles. The van der Waals surface area contributed by atoms with Crippen LogP contribution in [0, 0.1) is 13.8 Å². The maximum absolute atomic E-state index is 11.1. The first-order valence-corrected chi connectivity index (χ1v) is 5.05. The van der Waals surface area contributed by atoms with E-state index in [0.29, 0.717) is 0 Å². The number of benzene rings is 1. The van der Waals surface area contributed by atoms with Crippen molar-refractivity contribution >= 4 is 0 Å². The lowest BCUT2D eigenvalue weighted by atomic mass is 10.0. The van der Waals surface area contributed by atoms with E-state index in [4.69, 9.17) is 4.74 Å². The van der Waals surface area contributed by atoms with Crippen LogP contribution < -0.4 is 10.3 Å². The third-order valence-corrected chi connectivity index (χ3v) is 2.84. The molecule has 0 unspecified atom stereocenters. The number of H-pyrrole nitrogens is 2. The first-order chi connectivity index (χ1) is 7.63. The van der Waals surface area contributed by atoms with Gasteiger partial charge < -0.3 is 4.74 Å². The number of hydrogen-bond donors (Lipinski definition) is 2. The van der Waals surface area contributed by atoms with Crippen molar-refractivity contribution in [3.63, 3.8) is 0 Å². The topological polar surface area (TPSA) is 57.9 Å². The van der Waals surface area contributed by atoms with Gasteiger partial charge in [0.05, 0.1) is 12.8 Å². The minimum Gasteiger partial charge on any atom is -0.496 e. The number of methoxy groups -OCH3 is 1. The van der Waals surface area contributed by atoms with Crippen molar-refractivity contribution in [1.82, 2.24) is 10.2 Å². The molecule has 0 aliphatic carbocycles. The molecule has 0 bridgehead atoms. The Labute approximate surface area is 93.3 Å². The van der Waals surface area contributed by atoms with Gasteiger partial charge in [-0.3, -0.25) is 15.0 Å². The Balaban J connectivity index is 2.59. The molecule has 4 heteroatoms. The Morgan fingerprint density at radius 3 is 2.44 bits per heavy atom. The van der Waals surface area contributed by atoms with Gasteiger partial charge in [0.2, 0.25) is 0 Å². The van der Waals surface area contributed by atoms with E-state index < -0.39 is 0 Å². The SMILES string of the molecule is COc1ccc(-c2cc(=O)[nH][nH]2)c(C)c1C. The highest BCUT2D eigenvalue weighted by Crippen LogP contribution is 2.29. The molecule has 0 saturated heterocycles. The fraction of sp³-hybridized carbons (Fsp3) is 0.250. The third-order valence-electron chi connectivity index (χ3n) is 2.84. The zero-order chi connectivity index (χ0) is 11.7. The smallest absolute Gasteiger partial charge is 0.264 e. The molecule has 0 amide bonds. The fourth-order valence-electron chi connectivity index (χ4n) is 1.79. The molecule has 4 nitrogen and oxygen atoms in total. The van der Waals surface area contributed by atoms with Gasteiger partial charge in [0.25, 0.3) is 5.56 Å². The Morgan fingerprint density at radius 1 is 1.12 bits per heavy atom. The van der Waals surface area contributed by atoms with E-state index in [1.807, 2.05) is 26.0 Å². The lowest BCUT2D eigenvalue weighted by Gasteiger charge is -2.11. The predicted molar refractivity (Wildman–Crippen MR) is 62.9 cm³/mol. The second kappa shape index (κ2) is 3.89. The van der Waals surface area contributed by atoms with E-state index in [-0.39, 0.29) is 5.56 Å². The highest BCUT2D eigenvalue weighted by molar-refractivity contribution is 5.66. The quantitative estimate of drug-likeness (QED) is 0.809. The van der Waals surface area contributed by atoms with Gasteiger partial charge in [0.1, 0.15) is 5.75 Å². The van der Waals surface area contributed by atoms with Crippen molar-refractivity contribution in [3.05, 3.63) is 39.7 Å². The summed E-state index contributed by atoms with van der Waals surface area (Å²) >= 11 is 0. The van der Waals surface area contributed by atoms with Crippen LogP contribution in [0.5, 0.6) is 5.75 Å². The summed E-state index contributed by atoms with van der Waals surface area (Å²) < 4.78 is 5.24. The molecule has 84 valence electrons. The summed E-state index contributed by atoms with van der Waals surface area (Å²) in [6.07, 6.45) is 0. The summed E-state index contributed by atoms with van der Waals surface area (Å²) in [6, 6.07) is 5.40. The Morgan fingerprint density at radius 2 is 1.88 bits per heavy atom. The largest absolute Gasteiger partial charge is 0.496 e. The van der Waals surface area contributed by atoms with Gasteiger partial charge in [0, 0.05) is 11.6 Å². The fourth-order valence-corrected chi connectivity index (χ4v) is 1.79. The summed E-state index contributed by atoms with van der Waals surface area (Å²) in [5, 5.41) is 5.38. The Hall–Kier alpha value is -1.97. The molecule has 0 aliphatic rings. The van der Waals surface area contributed by atoms with Gasteiger partial charge in [-0.15, -0.1) is 0 Å². The Bertz CT molecular complexity index is 567. The molecule has 2 N–H and O–H groups in total. The zero-order valence-electron chi connectivity index (χ0n) is 9.55. The van der Waals surface area contributed by atoms with Gasteiger partial charge in [-0.2, -0.15) is 0 Å². The Kier molecular flexibility index (Phi) is 2.56. The van der Waals surface area contributed by atoms with Gasteiger partial charge in [-0.1, -0.05) is 0 Å². The summed E-state index contributed by atoms with van der Waals surface area (Å²) in [7, 11) is 1.65. The minimum atomic E-state index is -0.122. The van der Waals surface area contributed by atoms with Gasteiger partial charge >= 0.3 is 0 Å². The lowest BCUT2D eigenvalue weighted by Crippen LogP contribution is -1.94. The molecule has 0 aliphatic heterocycles. The van der Waals surface area contributed by atoms with Gasteiger partial charge in [-0.05, 0) is 37.1 Å². The highest BCUT2D eigenvalue weighted by atomic mass is 16.5. The normalized spacial score (nSPS) is 10.4. The van der Waals surface area contributed by atoms with Crippen LogP contribution in [-0.2, 0) is 0 Å². The molecular weight excluding hydrogens is 204 g/mol. The average molecular weight is 218 g/mol. The first kappa shape index (κ1) is 10.5. The van der Waals surface area contributed by atoms with Crippen molar-refractivity contribution in [3.8, 4) is 17.0 Å². The van der Waals surface area contributed by atoms with Gasteiger partial charge in [-0.25, -0.2) is 0 Å². The summed E-state index contributed by atoms with van der Waals surface area (Å²) in [4.78, 5) is 11.1. The summed E-state index contributed by atoms with van der Waals surface area (Å²) in [5.41, 5.74) is 3.88. The molecule has 1 aromatic carbocycles. The molecule has 2 rings (SSSR count). The third kappa shape index (κ3) is 1.62. The number of aromatic amines is 2. The molecule has 0 fully saturated rings. The molecule has 0 spiro atoms. The van der Waals surface area contributed by atoms with Crippen LogP contribution in [0.1, 0.15) is 11.1 Å². The number of hydrogen-bond acceptors (Lipinski definition) is 2. The van der Waals surface area contributed by atoms with E-state index in [0.717, 1.165) is 28.1 Å². The average Bonchev–Trinajstić information content (AvgIpc) is 2.69. The molecule has 0 radical (unpaired) electrons. The van der Waals surface area contributed by atoms with E-state index in [9.17, 15) is 4.79 Å². The molecule has 0 atom stereocenters. The first-order valence-electron chi connectivity index (χ1n) is 5.05. The molecule has 1 aromatic heterocycles. The summed E-state index contributed by atoms with van der Waals surface area (Å²) in [5.74, 6) is 0.860. The highest BCUT2D eigenvalue weighted by Gasteiger charge is 2.09. The zero-order valence-corrected chi connectivity index (χ0v) is 9.55. The predicted octanol–water partition coefficient (Wildman–Crippen LogP) is 2.00. The maximum Gasteiger partial charge on any atom is 0.264 e. The molecule has 2 aromatic rings. The number of rotatable bonds is 2. The van der Waals surface area contributed by atoms with Crippen LogP contribution in [0.15, 0.2) is 23.0 Å². The van der Waals surface area contributed by atoms with Crippen LogP contribution in [0.3, 0.4) is 0 Å². The standard InChI is InChI=1S/C12H14N2O2/c1-7-8(2)11(16-3)5-4-9(7)10-6-12(15)14-13-10/h4-6H,1-3H3,(H2,13,14,15). The van der Waals surface area contributed by atoms with E-state index >= 15 is 0 Å². The second-order valence-electron chi connectivity index (χ2n) is 3.74. The van der Waals surface area contributed by atoms with E-state index in [1.54, 1.807) is 13.2 Å². The van der Waals surface area contributed by atoms with Crippen molar-refractivity contribution in [2.45, 2.75) is 13.8 Å². The van der Waals surface area contributed by atoms with Crippen molar-refractivity contribution in [2.24, 2.45) is 0 Å². The van der Waals surface area contributed by atoms with E-state index in [2.05, 4.69) is 10.2 Å². The van der Waals surface area contributed by atoms with Crippen LogP contribution in [0.2, 0.25) is 0 Å². The van der Waals surface area contributed by atoms with Crippen LogP contribution in [0.25, 0.3) is 11.3 Å². The number of aromatic nitrogens is 2. The molecule has 0 saturated carbocycles. The maximum atomic E-state index is 11.1. The van der Waals surface area contributed by atoms with Crippen molar-refractivity contribution in [1.29, 1.82) is 0 Å². The lowest BCUT2D eigenvalue weighted by molar-refractivity contribution is 0.411. The monoisotopic (exact) mass is 218 g/mol. The minimum absolute atomic E-state index is 0.122.